The van der Waals surface area contributed by atoms with Gasteiger partial charge in [0.2, 0.25) is 0 Å². The Hall–Kier alpha value is -3.51. The summed E-state index contributed by atoms with van der Waals surface area (Å²) < 4.78 is 1.83. The largest absolute Gasteiger partial charge is 0.399 e. The molecule has 2 heterocycles. The second-order valence-corrected chi connectivity index (χ2v) is 6.84. The molecular weight excluding hydrogens is 336 g/mol. The summed E-state index contributed by atoms with van der Waals surface area (Å²) in [5.41, 5.74) is 14.0. The summed E-state index contributed by atoms with van der Waals surface area (Å²) >= 11 is 0. The number of nitrogens with zero attached hydrogens (tertiary/aromatic N) is 4. The average molecular weight is 354 g/mol. The molecular formula is C21H18N6. The van der Waals surface area contributed by atoms with Gasteiger partial charge < -0.3 is 11.5 Å². The van der Waals surface area contributed by atoms with Crippen LogP contribution in [0, 0.1) is 0 Å². The first-order valence-electron chi connectivity index (χ1n) is 8.77. The van der Waals surface area contributed by atoms with Gasteiger partial charge in [0.25, 0.3) is 0 Å². The summed E-state index contributed by atoms with van der Waals surface area (Å²) in [6.07, 6.45) is 9.66. The maximum absolute atomic E-state index is 6.52. The fourth-order valence-electron chi connectivity index (χ4n) is 3.37. The van der Waals surface area contributed by atoms with Gasteiger partial charge in [-0.3, -0.25) is 0 Å². The van der Waals surface area contributed by atoms with Crippen molar-refractivity contribution in [2.75, 3.05) is 0 Å². The molecule has 0 fully saturated rings. The molecule has 0 saturated carbocycles. The van der Waals surface area contributed by atoms with E-state index in [1.165, 1.54) is 5.39 Å². The van der Waals surface area contributed by atoms with Gasteiger partial charge in [-0.1, -0.05) is 42.5 Å². The minimum Gasteiger partial charge on any atom is -0.399 e. The number of aromatic nitrogens is 4. The summed E-state index contributed by atoms with van der Waals surface area (Å²) in [5.74, 6) is 0.553. The highest BCUT2D eigenvalue weighted by Crippen LogP contribution is 2.27. The predicted octanol–water partition coefficient (Wildman–Crippen LogP) is 2.93. The van der Waals surface area contributed by atoms with E-state index in [9.17, 15) is 0 Å². The summed E-state index contributed by atoms with van der Waals surface area (Å²) in [5, 5.41) is 7.72. The van der Waals surface area contributed by atoms with Gasteiger partial charge in [0.05, 0.1) is 22.8 Å². The lowest BCUT2D eigenvalue weighted by Crippen LogP contribution is -2.37. The predicted molar refractivity (Wildman–Crippen MR) is 106 cm³/mol. The smallest absolute Gasteiger partial charge is 0.166 e. The summed E-state index contributed by atoms with van der Waals surface area (Å²) in [6, 6.07) is 14.5. The molecule has 0 radical (unpaired) electrons. The molecule has 0 amide bonds. The number of hydrogen-bond donors (Lipinski definition) is 2. The van der Waals surface area contributed by atoms with Crippen LogP contribution in [0.4, 0.5) is 0 Å². The number of nitrogens with two attached hydrogens (primary N) is 2. The molecule has 132 valence electrons. The molecule has 6 nitrogen and oxygen atoms in total. The van der Waals surface area contributed by atoms with Gasteiger partial charge >= 0.3 is 0 Å². The summed E-state index contributed by atoms with van der Waals surface area (Å²) in [7, 11) is 0. The van der Waals surface area contributed by atoms with E-state index in [1.807, 2.05) is 35.0 Å². The molecule has 1 atom stereocenters. The number of rotatable bonds is 2. The molecule has 1 aliphatic carbocycles. The molecule has 5 rings (SSSR count). The lowest BCUT2D eigenvalue weighted by atomic mass is 9.90. The highest BCUT2D eigenvalue weighted by molar-refractivity contribution is 5.85. The topological polar surface area (TPSA) is 95.6 Å². The fraction of sp³-hybridized carbons (Fsp3) is 0.0952. The molecule has 2 aromatic heterocycles. The van der Waals surface area contributed by atoms with Crippen molar-refractivity contribution in [2.24, 2.45) is 11.5 Å². The van der Waals surface area contributed by atoms with Crippen LogP contribution in [0.25, 0.3) is 27.5 Å². The third kappa shape index (κ3) is 2.58. The second-order valence-electron chi connectivity index (χ2n) is 6.84. The Morgan fingerprint density at radius 1 is 1.00 bits per heavy atom. The molecule has 6 heteroatoms. The number of benzene rings is 2. The molecule has 4 N–H and O–H groups in total. The van der Waals surface area contributed by atoms with E-state index >= 15 is 0 Å². The zero-order valence-corrected chi connectivity index (χ0v) is 14.6. The van der Waals surface area contributed by atoms with Crippen molar-refractivity contribution in [3.05, 3.63) is 84.6 Å². The van der Waals surface area contributed by atoms with E-state index in [4.69, 9.17) is 16.5 Å². The van der Waals surface area contributed by atoms with Crippen LogP contribution in [0.2, 0.25) is 0 Å². The van der Waals surface area contributed by atoms with Crippen LogP contribution in [0.1, 0.15) is 12.2 Å². The zero-order valence-electron chi connectivity index (χ0n) is 14.6. The standard InChI is InChI=1S/C21H18N6/c22-17-7-9-21(23,10-8-17)20-24-12-16-13-25-27(19(16)26-20)18-6-5-14-3-1-2-4-15(14)11-18/h1-9,11-13H,10,22-23H2. The maximum Gasteiger partial charge on any atom is 0.166 e. The minimum absolute atomic E-state index is 0.553. The Labute approximate surface area is 155 Å². The highest BCUT2D eigenvalue weighted by atomic mass is 15.3. The Bertz CT molecular complexity index is 1240. The van der Waals surface area contributed by atoms with Crippen LogP contribution < -0.4 is 11.5 Å². The van der Waals surface area contributed by atoms with Crippen LogP contribution in [0.15, 0.2) is 78.8 Å². The van der Waals surface area contributed by atoms with Crippen LogP contribution in [0.5, 0.6) is 0 Å². The van der Waals surface area contributed by atoms with E-state index < -0.39 is 5.54 Å². The van der Waals surface area contributed by atoms with E-state index in [-0.39, 0.29) is 0 Å². The van der Waals surface area contributed by atoms with Crippen molar-refractivity contribution in [1.29, 1.82) is 0 Å². The SMILES string of the molecule is NC1=CCC(N)(c2ncc3cnn(-c4ccc5ccccc5c4)c3n2)C=C1. The zero-order chi connectivity index (χ0) is 18.4. The average Bonchev–Trinajstić information content (AvgIpc) is 3.13. The highest BCUT2D eigenvalue weighted by Gasteiger charge is 2.29. The van der Waals surface area contributed by atoms with E-state index in [0.717, 1.165) is 22.1 Å². The third-order valence-electron chi connectivity index (χ3n) is 4.95. The Morgan fingerprint density at radius 3 is 2.67 bits per heavy atom. The fourth-order valence-corrected chi connectivity index (χ4v) is 3.37. The summed E-state index contributed by atoms with van der Waals surface area (Å²) in [4.78, 5) is 9.23. The molecule has 4 aromatic rings. The summed E-state index contributed by atoms with van der Waals surface area (Å²) in [6.45, 7) is 0. The van der Waals surface area contributed by atoms with Crippen molar-refractivity contribution in [3.8, 4) is 5.69 Å². The Kier molecular flexibility index (Phi) is 3.35. The first kappa shape index (κ1) is 15.7. The van der Waals surface area contributed by atoms with Gasteiger partial charge in [-0.2, -0.15) is 5.10 Å². The molecule has 2 aromatic carbocycles. The van der Waals surface area contributed by atoms with Crippen LogP contribution in [0.3, 0.4) is 0 Å². The van der Waals surface area contributed by atoms with Gasteiger partial charge in [0.1, 0.15) is 0 Å². The van der Waals surface area contributed by atoms with Crippen molar-refractivity contribution in [3.63, 3.8) is 0 Å². The van der Waals surface area contributed by atoms with Crippen LogP contribution in [-0.4, -0.2) is 19.7 Å². The van der Waals surface area contributed by atoms with E-state index in [0.29, 0.717) is 17.9 Å². The van der Waals surface area contributed by atoms with Crippen LogP contribution >= 0.6 is 0 Å². The molecule has 0 spiro atoms. The first-order valence-corrected chi connectivity index (χ1v) is 8.77. The maximum atomic E-state index is 6.52. The van der Waals surface area contributed by atoms with E-state index in [2.05, 4.69) is 34.3 Å². The van der Waals surface area contributed by atoms with Gasteiger partial charge in [-0.15, -0.1) is 0 Å². The molecule has 0 bridgehead atoms. The molecule has 1 aliphatic rings. The quantitative estimate of drug-likeness (QED) is 0.577. The molecule has 0 saturated heterocycles. The van der Waals surface area contributed by atoms with Crippen molar-refractivity contribution in [1.82, 2.24) is 19.7 Å². The van der Waals surface area contributed by atoms with Gasteiger partial charge in [-0.05, 0) is 35.4 Å². The lowest BCUT2D eigenvalue weighted by molar-refractivity contribution is 0.524. The molecule has 1 unspecified atom stereocenters. The van der Waals surface area contributed by atoms with Gasteiger partial charge in [-0.25, -0.2) is 14.6 Å². The van der Waals surface area contributed by atoms with Gasteiger partial charge in [0.15, 0.2) is 11.5 Å². The van der Waals surface area contributed by atoms with Crippen molar-refractivity contribution in [2.45, 2.75) is 12.0 Å². The minimum atomic E-state index is -0.768. The van der Waals surface area contributed by atoms with Gasteiger partial charge in [0, 0.05) is 11.9 Å². The molecule has 0 aliphatic heterocycles. The lowest BCUT2D eigenvalue weighted by Gasteiger charge is -2.25. The molecule has 27 heavy (non-hydrogen) atoms. The van der Waals surface area contributed by atoms with Crippen molar-refractivity contribution < 1.29 is 0 Å². The number of fused-ring (bicyclic) bond motifs is 2. The second kappa shape index (κ2) is 5.75. The Morgan fingerprint density at radius 2 is 1.85 bits per heavy atom. The Balaban J connectivity index is 1.64. The van der Waals surface area contributed by atoms with Crippen LogP contribution in [-0.2, 0) is 5.54 Å². The number of allylic oxidation sites excluding steroid dienone is 1. The first-order chi connectivity index (χ1) is 13.1. The normalized spacial score (nSPS) is 19.5. The monoisotopic (exact) mass is 354 g/mol. The van der Waals surface area contributed by atoms with Crippen molar-refractivity contribution >= 4 is 21.8 Å². The number of hydrogen-bond acceptors (Lipinski definition) is 5. The third-order valence-corrected chi connectivity index (χ3v) is 4.95. The van der Waals surface area contributed by atoms with E-state index in [1.54, 1.807) is 18.5 Å².